The SMILES string of the molecule is Cn1c(-c2cccc(N3CCC(N4CC[C@H](F)C4)CC3)c2)nc2ccccc21. The molecule has 0 spiro atoms. The molecule has 0 saturated carbocycles. The van der Waals surface area contributed by atoms with E-state index in [1.54, 1.807) is 0 Å². The van der Waals surface area contributed by atoms with Gasteiger partial charge in [0.15, 0.2) is 0 Å². The second kappa shape index (κ2) is 7.21. The number of para-hydroxylation sites is 2. The van der Waals surface area contributed by atoms with Crippen molar-refractivity contribution < 1.29 is 4.39 Å². The zero-order chi connectivity index (χ0) is 19.1. The number of nitrogens with zero attached hydrogens (tertiary/aromatic N) is 4. The molecule has 3 aromatic rings. The summed E-state index contributed by atoms with van der Waals surface area (Å²) in [7, 11) is 2.08. The number of hydrogen-bond acceptors (Lipinski definition) is 3. The molecule has 0 N–H and O–H groups in total. The molecular weight excluding hydrogens is 351 g/mol. The fourth-order valence-electron chi connectivity index (χ4n) is 4.81. The Bertz CT molecular complexity index is 974. The van der Waals surface area contributed by atoms with Gasteiger partial charge in [0.2, 0.25) is 0 Å². The van der Waals surface area contributed by atoms with E-state index >= 15 is 0 Å². The van der Waals surface area contributed by atoms with Crippen LogP contribution in [-0.4, -0.2) is 52.8 Å². The quantitative estimate of drug-likeness (QED) is 0.681. The molecule has 2 saturated heterocycles. The van der Waals surface area contributed by atoms with Crippen LogP contribution in [0.15, 0.2) is 48.5 Å². The zero-order valence-corrected chi connectivity index (χ0v) is 16.4. The number of imidazole rings is 1. The van der Waals surface area contributed by atoms with E-state index in [-0.39, 0.29) is 0 Å². The van der Waals surface area contributed by atoms with Crippen molar-refractivity contribution in [3.05, 3.63) is 48.5 Å². The fraction of sp³-hybridized carbons (Fsp3) is 0.435. The molecule has 3 heterocycles. The van der Waals surface area contributed by atoms with Crippen molar-refractivity contribution in [2.75, 3.05) is 31.1 Å². The first-order valence-electron chi connectivity index (χ1n) is 10.3. The van der Waals surface area contributed by atoms with Crippen LogP contribution in [0.3, 0.4) is 0 Å². The van der Waals surface area contributed by atoms with Gasteiger partial charge in [0.05, 0.1) is 11.0 Å². The van der Waals surface area contributed by atoms with Crippen LogP contribution in [0.25, 0.3) is 22.4 Å². The first kappa shape index (κ1) is 17.7. The van der Waals surface area contributed by atoms with Crippen molar-refractivity contribution in [3.8, 4) is 11.4 Å². The number of aryl methyl sites for hydroxylation is 1. The molecule has 0 amide bonds. The van der Waals surface area contributed by atoms with Crippen molar-refractivity contribution in [2.24, 2.45) is 7.05 Å². The van der Waals surface area contributed by atoms with Gasteiger partial charge in [-0.25, -0.2) is 9.37 Å². The highest BCUT2D eigenvalue weighted by molar-refractivity contribution is 5.81. The molecule has 2 aliphatic heterocycles. The van der Waals surface area contributed by atoms with Crippen LogP contribution < -0.4 is 4.90 Å². The summed E-state index contributed by atoms with van der Waals surface area (Å²) in [6, 6.07) is 17.5. The van der Waals surface area contributed by atoms with Crippen molar-refractivity contribution >= 4 is 16.7 Å². The van der Waals surface area contributed by atoms with Gasteiger partial charge < -0.3 is 9.47 Å². The Morgan fingerprint density at radius 3 is 2.54 bits per heavy atom. The third-order valence-electron chi connectivity index (χ3n) is 6.40. The van der Waals surface area contributed by atoms with Crippen LogP contribution in [0, 0.1) is 0 Å². The number of hydrogen-bond donors (Lipinski definition) is 0. The molecule has 5 rings (SSSR count). The molecule has 28 heavy (non-hydrogen) atoms. The molecule has 2 aliphatic rings. The molecule has 5 heteroatoms. The predicted molar refractivity (Wildman–Crippen MR) is 112 cm³/mol. The maximum absolute atomic E-state index is 13.5. The Labute approximate surface area is 165 Å². The van der Waals surface area contributed by atoms with E-state index in [2.05, 4.69) is 63.9 Å². The number of rotatable bonds is 3. The minimum Gasteiger partial charge on any atom is -0.371 e. The van der Waals surface area contributed by atoms with Gasteiger partial charge in [-0.3, -0.25) is 4.90 Å². The van der Waals surface area contributed by atoms with E-state index in [0.717, 1.165) is 54.9 Å². The second-order valence-corrected chi connectivity index (χ2v) is 8.13. The molecule has 0 radical (unpaired) electrons. The number of aromatic nitrogens is 2. The maximum atomic E-state index is 13.5. The van der Waals surface area contributed by atoms with Gasteiger partial charge in [-0.05, 0) is 43.5 Å². The minimum absolute atomic E-state index is 0.542. The van der Waals surface area contributed by atoms with Gasteiger partial charge in [0.1, 0.15) is 12.0 Å². The van der Waals surface area contributed by atoms with Gasteiger partial charge in [0.25, 0.3) is 0 Å². The average Bonchev–Trinajstić information content (AvgIpc) is 3.32. The normalized spacial score (nSPS) is 21.6. The lowest BCUT2D eigenvalue weighted by Crippen LogP contribution is -2.44. The molecular formula is C23H27FN4. The number of alkyl halides is 1. The Balaban J connectivity index is 1.34. The summed E-state index contributed by atoms with van der Waals surface area (Å²) in [5, 5.41) is 0. The Morgan fingerprint density at radius 2 is 1.79 bits per heavy atom. The molecule has 0 bridgehead atoms. The van der Waals surface area contributed by atoms with Crippen LogP contribution in [0.2, 0.25) is 0 Å². The Morgan fingerprint density at radius 1 is 0.964 bits per heavy atom. The number of fused-ring (bicyclic) bond motifs is 1. The summed E-state index contributed by atoms with van der Waals surface area (Å²) in [6.45, 7) is 3.62. The molecule has 4 nitrogen and oxygen atoms in total. The number of piperidine rings is 1. The second-order valence-electron chi connectivity index (χ2n) is 8.13. The third kappa shape index (κ3) is 3.18. The summed E-state index contributed by atoms with van der Waals surface area (Å²) in [4.78, 5) is 9.67. The van der Waals surface area contributed by atoms with E-state index in [1.165, 1.54) is 5.69 Å². The van der Waals surface area contributed by atoms with Gasteiger partial charge in [-0.15, -0.1) is 0 Å². The van der Waals surface area contributed by atoms with E-state index in [1.807, 2.05) is 6.07 Å². The lowest BCUT2D eigenvalue weighted by Gasteiger charge is -2.37. The Kier molecular flexibility index (Phi) is 4.55. The number of halogens is 1. The van der Waals surface area contributed by atoms with Crippen molar-refractivity contribution in [3.63, 3.8) is 0 Å². The molecule has 1 aromatic heterocycles. The largest absolute Gasteiger partial charge is 0.371 e. The molecule has 1 atom stereocenters. The molecule has 2 fully saturated rings. The summed E-state index contributed by atoms with van der Waals surface area (Å²) < 4.78 is 15.7. The monoisotopic (exact) mass is 378 g/mol. The molecule has 0 unspecified atom stereocenters. The van der Waals surface area contributed by atoms with Crippen LogP contribution in [0.1, 0.15) is 19.3 Å². The van der Waals surface area contributed by atoms with Crippen molar-refractivity contribution in [1.82, 2.24) is 14.5 Å². The van der Waals surface area contributed by atoms with Crippen LogP contribution in [-0.2, 0) is 7.05 Å². The summed E-state index contributed by atoms with van der Waals surface area (Å²) in [5.41, 5.74) is 4.59. The highest BCUT2D eigenvalue weighted by Gasteiger charge is 2.30. The minimum atomic E-state index is -0.622. The van der Waals surface area contributed by atoms with Crippen molar-refractivity contribution in [1.29, 1.82) is 0 Å². The smallest absolute Gasteiger partial charge is 0.140 e. The van der Waals surface area contributed by atoms with Crippen LogP contribution in [0.5, 0.6) is 0 Å². The van der Waals surface area contributed by atoms with Crippen LogP contribution in [0.4, 0.5) is 10.1 Å². The topological polar surface area (TPSA) is 24.3 Å². The Hall–Kier alpha value is -2.40. The lowest BCUT2D eigenvalue weighted by molar-refractivity contribution is 0.192. The van der Waals surface area contributed by atoms with E-state index in [0.29, 0.717) is 19.0 Å². The molecule has 0 aliphatic carbocycles. The average molecular weight is 378 g/mol. The van der Waals surface area contributed by atoms with Gasteiger partial charge in [0, 0.05) is 50.5 Å². The van der Waals surface area contributed by atoms with Crippen LogP contribution >= 0.6 is 0 Å². The van der Waals surface area contributed by atoms with E-state index < -0.39 is 6.17 Å². The van der Waals surface area contributed by atoms with E-state index in [4.69, 9.17) is 4.98 Å². The number of likely N-dealkylation sites (tertiary alicyclic amines) is 1. The highest BCUT2D eigenvalue weighted by Crippen LogP contribution is 2.30. The van der Waals surface area contributed by atoms with E-state index in [9.17, 15) is 4.39 Å². The molecule has 2 aromatic carbocycles. The van der Waals surface area contributed by atoms with Gasteiger partial charge >= 0.3 is 0 Å². The standard InChI is InChI=1S/C23H27FN4/c1-26-22-8-3-2-7-21(22)25-23(26)17-5-4-6-20(15-17)27-13-10-19(11-14-27)28-12-9-18(24)16-28/h2-8,15,18-19H,9-14,16H2,1H3/t18-/m0/s1. The molecule has 146 valence electrons. The summed E-state index contributed by atoms with van der Waals surface area (Å²) >= 11 is 0. The van der Waals surface area contributed by atoms with Gasteiger partial charge in [-0.2, -0.15) is 0 Å². The maximum Gasteiger partial charge on any atom is 0.140 e. The third-order valence-corrected chi connectivity index (χ3v) is 6.40. The van der Waals surface area contributed by atoms with Gasteiger partial charge in [-0.1, -0.05) is 24.3 Å². The summed E-state index contributed by atoms with van der Waals surface area (Å²) in [6.07, 6.45) is 2.32. The predicted octanol–water partition coefficient (Wildman–Crippen LogP) is 4.25. The van der Waals surface area contributed by atoms with Crippen molar-refractivity contribution in [2.45, 2.75) is 31.5 Å². The first-order chi connectivity index (χ1) is 13.7. The summed E-state index contributed by atoms with van der Waals surface area (Å²) in [5.74, 6) is 1.00. The number of benzene rings is 2. The zero-order valence-electron chi connectivity index (χ0n) is 16.4. The highest BCUT2D eigenvalue weighted by atomic mass is 19.1. The number of anilines is 1. The fourth-order valence-corrected chi connectivity index (χ4v) is 4.81. The lowest BCUT2D eigenvalue weighted by atomic mass is 10.0. The first-order valence-corrected chi connectivity index (χ1v) is 10.3.